The normalized spacial score (nSPS) is 18.1. The summed E-state index contributed by atoms with van der Waals surface area (Å²) in [5.74, 6) is -2.75. The Hall–Kier alpha value is -2.89. The van der Waals surface area contributed by atoms with E-state index in [-0.39, 0.29) is 31.4 Å². The lowest BCUT2D eigenvalue weighted by molar-refractivity contribution is -0.142. The van der Waals surface area contributed by atoms with Crippen LogP contribution >= 0.6 is 0 Å². The third-order valence-corrected chi connectivity index (χ3v) is 4.36. The van der Waals surface area contributed by atoms with E-state index in [0.29, 0.717) is 25.8 Å². The van der Waals surface area contributed by atoms with Crippen molar-refractivity contribution >= 4 is 29.7 Å². The van der Waals surface area contributed by atoms with Gasteiger partial charge in [0.1, 0.15) is 18.1 Å². The maximum Gasteiger partial charge on any atom is 0.325 e. The molecule has 28 heavy (non-hydrogen) atoms. The van der Waals surface area contributed by atoms with E-state index in [4.69, 9.17) is 22.3 Å². The van der Waals surface area contributed by atoms with Gasteiger partial charge in [-0.25, -0.2) is 0 Å². The Morgan fingerprint density at radius 3 is 2.50 bits per heavy atom. The molecule has 1 fully saturated rings. The fourth-order valence-corrected chi connectivity index (χ4v) is 2.87. The van der Waals surface area contributed by atoms with Gasteiger partial charge in [-0.2, -0.15) is 0 Å². The first-order valence-corrected chi connectivity index (χ1v) is 9.05. The molecule has 3 atom stereocenters. The molecule has 0 spiro atoms. The van der Waals surface area contributed by atoms with Crippen LogP contribution in [0.25, 0.3) is 0 Å². The molecule has 0 aromatic carbocycles. The van der Waals surface area contributed by atoms with Crippen molar-refractivity contribution < 1.29 is 24.3 Å². The molecular weight excluding hydrogens is 370 g/mol. The van der Waals surface area contributed by atoms with Crippen molar-refractivity contribution in [2.45, 2.75) is 50.7 Å². The number of nitrogens with two attached hydrogens (primary N) is 3. The van der Waals surface area contributed by atoms with Crippen molar-refractivity contribution in [2.24, 2.45) is 22.2 Å². The third kappa shape index (κ3) is 7.02. The molecule has 12 heteroatoms. The van der Waals surface area contributed by atoms with Gasteiger partial charge in [-0.15, -0.1) is 0 Å². The molecule has 1 rings (SSSR count). The Morgan fingerprint density at radius 2 is 1.93 bits per heavy atom. The summed E-state index contributed by atoms with van der Waals surface area (Å²) in [6.45, 7) is 1.78. The van der Waals surface area contributed by atoms with Crippen LogP contribution in [0.1, 0.15) is 32.6 Å². The summed E-state index contributed by atoms with van der Waals surface area (Å²) in [5, 5.41) is 13.9. The van der Waals surface area contributed by atoms with E-state index in [1.165, 1.54) is 11.8 Å². The second-order valence-electron chi connectivity index (χ2n) is 6.53. The second-order valence-corrected chi connectivity index (χ2v) is 6.53. The summed E-state index contributed by atoms with van der Waals surface area (Å²) in [6.07, 6.45) is 1.69. The van der Waals surface area contributed by atoms with E-state index in [1.807, 2.05) is 0 Å². The van der Waals surface area contributed by atoms with E-state index < -0.39 is 35.9 Å². The van der Waals surface area contributed by atoms with Gasteiger partial charge in [-0.3, -0.25) is 24.2 Å². The number of aliphatic carboxylic acids is 1. The van der Waals surface area contributed by atoms with E-state index >= 15 is 0 Å². The van der Waals surface area contributed by atoms with Crippen LogP contribution in [-0.2, 0) is 19.2 Å². The number of hydrogen-bond donors (Lipinski definition) is 6. The van der Waals surface area contributed by atoms with Crippen LogP contribution < -0.4 is 27.8 Å². The van der Waals surface area contributed by atoms with E-state index in [9.17, 15) is 19.2 Å². The molecule has 0 bridgehead atoms. The third-order valence-electron chi connectivity index (χ3n) is 4.36. The van der Waals surface area contributed by atoms with Crippen molar-refractivity contribution in [3.63, 3.8) is 0 Å². The topological polar surface area (TPSA) is 206 Å². The van der Waals surface area contributed by atoms with E-state index in [2.05, 4.69) is 15.6 Å². The number of carboxylic acid groups (broad SMARTS) is 1. The zero-order valence-corrected chi connectivity index (χ0v) is 15.9. The molecule has 1 aliphatic heterocycles. The Morgan fingerprint density at radius 1 is 1.25 bits per heavy atom. The van der Waals surface area contributed by atoms with Gasteiger partial charge in [0, 0.05) is 13.1 Å². The Bertz CT molecular complexity index is 621. The van der Waals surface area contributed by atoms with Crippen LogP contribution in [0, 0.1) is 0 Å². The Balaban J connectivity index is 2.80. The fraction of sp³-hybridized carbons (Fsp3) is 0.688. The van der Waals surface area contributed by atoms with Crippen molar-refractivity contribution in [3.05, 3.63) is 0 Å². The molecule has 0 aliphatic carbocycles. The van der Waals surface area contributed by atoms with Gasteiger partial charge in [-0.05, 0) is 32.6 Å². The van der Waals surface area contributed by atoms with Gasteiger partial charge < -0.3 is 37.8 Å². The van der Waals surface area contributed by atoms with E-state index in [0.717, 1.165) is 0 Å². The first kappa shape index (κ1) is 23.1. The molecule has 9 N–H and O–H groups in total. The molecule has 1 heterocycles. The first-order valence-electron chi connectivity index (χ1n) is 9.05. The van der Waals surface area contributed by atoms with Crippen LogP contribution in [-0.4, -0.2) is 77.4 Å². The van der Waals surface area contributed by atoms with Crippen molar-refractivity contribution in [3.8, 4) is 0 Å². The molecule has 1 aliphatic rings. The first-order chi connectivity index (χ1) is 13.2. The molecule has 158 valence electrons. The number of aliphatic imine (C=N–C) groups is 1. The average molecular weight is 399 g/mol. The zero-order valence-electron chi connectivity index (χ0n) is 15.9. The highest BCUT2D eigenvalue weighted by atomic mass is 16.4. The minimum absolute atomic E-state index is 0.0913. The molecule has 0 radical (unpaired) electrons. The number of carboxylic acids is 1. The zero-order chi connectivity index (χ0) is 21.3. The highest BCUT2D eigenvalue weighted by Gasteiger charge is 2.35. The van der Waals surface area contributed by atoms with E-state index in [1.54, 1.807) is 0 Å². The molecule has 3 unspecified atom stereocenters. The highest BCUT2D eigenvalue weighted by Crippen LogP contribution is 2.17. The van der Waals surface area contributed by atoms with Gasteiger partial charge >= 0.3 is 5.97 Å². The number of amides is 3. The van der Waals surface area contributed by atoms with Crippen molar-refractivity contribution in [1.29, 1.82) is 0 Å². The maximum absolute atomic E-state index is 12.6. The predicted molar refractivity (Wildman–Crippen MR) is 101 cm³/mol. The van der Waals surface area contributed by atoms with Crippen LogP contribution in [0.4, 0.5) is 0 Å². The minimum Gasteiger partial charge on any atom is -0.480 e. The summed E-state index contributed by atoms with van der Waals surface area (Å²) in [7, 11) is 0. The van der Waals surface area contributed by atoms with Crippen LogP contribution in [0.15, 0.2) is 4.99 Å². The summed E-state index contributed by atoms with van der Waals surface area (Å²) in [4.78, 5) is 53.1. The number of likely N-dealkylation sites (tertiary alicyclic amines) is 1. The van der Waals surface area contributed by atoms with Crippen molar-refractivity contribution in [2.75, 3.05) is 19.6 Å². The lowest BCUT2D eigenvalue weighted by Crippen LogP contribution is -2.55. The van der Waals surface area contributed by atoms with Gasteiger partial charge in [0.25, 0.3) is 0 Å². The highest BCUT2D eigenvalue weighted by molar-refractivity contribution is 5.93. The van der Waals surface area contributed by atoms with Gasteiger partial charge in [0.15, 0.2) is 5.96 Å². The number of nitrogens with one attached hydrogen (secondary N) is 2. The van der Waals surface area contributed by atoms with Gasteiger partial charge in [0.05, 0.1) is 6.54 Å². The number of nitrogens with zero attached hydrogens (tertiary/aromatic N) is 2. The molecular formula is C16H29N7O5. The number of guanidine groups is 1. The van der Waals surface area contributed by atoms with Gasteiger partial charge in [-0.1, -0.05) is 0 Å². The molecule has 0 saturated carbocycles. The molecule has 12 nitrogen and oxygen atoms in total. The summed E-state index contributed by atoms with van der Waals surface area (Å²) in [6, 6.07) is -2.81. The molecule has 1 saturated heterocycles. The standard InChI is InChI=1S/C16H29N7O5/c1-9(15(27)28)21-13(25)10(4-2-6-20-16(18)19)22-14(26)11-5-3-7-23(11)12(24)8-17/h9-11H,2-8,17H2,1H3,(H,21,25)(H,22,26)(H,27,28)(H4,18,19,20). The van der Waals surface area contributed by atoms with Crippen LogP contribution in [0.3, 0.4) is 0 Å². The Kier molecular flexibility index (Phi) is 9.15. The SMILES string of the molecule is CC(NC(=O)C(CCCN=C(N)N)NC(=O)C1CCCN1C(=O)CN)C(=O)O. The van der Waals surface area contributed by atoms with Crippen LogP contribution in [0.5, 0.6) is 0 Å². The monoisotopic (exact) mass is 399 g/mol. The molecule has 3 amide bonds. The quantitative estimate of drug-likeness (QED) is 0.127. The molecule has 0 aromatic rings. The smallest absolute Gasteiger partial charge is 0.325 e. The Labute approximate surface area is 162 Å². The fourth-order valence-electron chi connectivity index (χ4n) is 2.87. The number of carbonyl (C=O) groups excluding carboxylic acids is 3. The number of hydrogen-bond acceptors (Lipinski definition) is 6. The average Bonchev–Trinajstić information content (AvgIpc) is 3.12. The summed E-state index contributed by atoms with van der Waals surface area (Å²) < 4.78 is 0. The van der Waals surface area contributed by atoms with Crippen LogP contribution in [0.2, 0.25) is 0 Å². The molecule has 0 aromatic heterocycles. The lowest BCUT2D eigenvalue weighted by Gasteiger charge is -2.26. The summed E-state index contributed by atoms with van der Waals surface area (Å²) >= 11 is 0. The largest absolute Gasteiger partial charge is 0.480 e. The minimum atomic E-state index is -1.20. The van der Waals surface area contributed by atoms with Gasteiger partial charge in [0.2, 0.25) is 17.7 Å². The maximum atomic E-state index is 12.6. The lowest BCUT2D eigenvalue weighted by atomic mass is 10.1. The second kappa shape index (κ2) is 11.1. The van der Waals surface area contributed by atoms with Crippen molar-refractivity contribution in [1.82, 2.24) is 15.5 Å². The predicted octanol–water partition coefficient (Wildman–Crippen LogP) is -2.94. The number of rotatable bonds is 10. The summed E-state index contributed by atoms with van der Waals surface area (Å²) in [5.41, 5.74) is 15.9. The number of carbonyl (C=O) groups is 4.